The maximum Gasteiger partial charge on any atom is 0.256 e. The monoisotopic (exact) mass is 411 g/mol. The SMILES string of the molecule is Cc1ccc(-n2cnnn2)cc1NC(=O)c1csc(I)c1. The van der Waals surface area contributed by atoms with Crippen molar-refractivity contribution in [2.24, 2.45) is 0 Å². The standard InChI is InChI=1S/C13H10IN5OS/c1-8-2-3-10(19-7-15-17-18-19)5-11(8)16-13(20)9-4-12(14)21-6-9/h2-7H,1H3,(H,16,20). The number of aromatic nitrogens is 4. The maximum absolute atomic E-state index is 12.2. The summed E-state index contributed by atoms with van der Waals surface area (Å²) >= 11 is 3.74. The molecule has 0 spiro atoms. The molecule has 3 aromatic rings. The van der Waals surface area contributed by atoms with Crippen LogP contribution in [0.15, 0.2) is 36.0 Å². The number of carbonyl (C=O) groups is 1. The molecular formula is C13H10IN5OS. The van der Waals surface area contributed by atoms with E-state index in [1.807, 2.05) is 36.6 Å². The first-order chi connectivity index (χ1) is 10.1. The Kier molecular flexibility index (Phi) is 3.97. The number of nitrogens with one attached hydrogen (secondary N) is 1. The molecule has 2 heterocycles. The third-order valence-corrected chi connectivity index (χ3v) is 4.70. The highest BCUT2D eigenvalue weighted by molar-refractivity contribution is 14.1. The molecule has 1 amide bonds. The normalized spacial score (nSPS) is 10.6. The van der Waals surface area contributed by atoms with Crippen molar-refractivity contribution in [3.05, 3.63) is 50.0 Å². The minimum absolute atomic E-state index is 0.119. The van der Waals surface area contributed by atoms with E-state index in [4.69, 9.17) is 0 Å². The molecule has 0 atom stereocenters. The summed E-state index contributed by atoms with van der Waals surface area (Å²) in [5, 5.41) is 15.8. The average molecular weight is 411 g/mol. The molecule has 0 bridgehead atoms. The number of aryl methyl sites for hydroxylation is 1. The Morgan fingerprint density at radius 1 is 1.38 bits per heavy atom. The van der Waals surface area contributed by atoms with Crippen molar-refractivity contribution in [2.45, 2.75) is 6.92 Å². The lowest BCUT2D eigenvalue weighted by atomic mass is 10.1. The van der Waals surface area contributed by atoms with E-state index in [1.54, 1.807) is 16.0 Å². The molecule has 3 rings (SSSR count). The van der Waals surface area contributed by atoms with E-state index >= 15 is 0 Å². The Labute approximate surface area is 138 Å². The van der Waals surface area contributed by atoms with Gasteiger partial charge in [0.2, 0.25) is 0 Å². The summed E-state index contributed by atoms with van der Waals surface area (Å²) in [4.78, 5) is 12.2. The van der Waals surface area contributed by atoms with Crippen molar-refractivity contribution in [3.63, 3.8) is 0 Å². The van der Waals surface area contributed by atoms with Gasteiger partial charge in [-0.2, -0.15) is 0 Å². The zero-order valence-electron chi connectivity index (χ0n) is 10.9. The van der Waals surface area contributed by atoms with Gasteiger partial charge in [0.1, 0.15) is 6.33 Å². The Bertz CT molecular complexity index is 784. The van der Waals surface area contributed by atoms with Crippen LogP contribution >= 0.6 is 33.9 Å². The van der Waals surface area contributed by atoms with E-state index < -0.39 is 0 Å². The minimum Gasteiger partial charge on any atom is -0.322 e. The Balaban J connectivity index is 1.88. The average Bonchev–Trinajstić information content (AvgIpc) is 3.12. The third-order valence-electron chi connectivity index (χ3n) is 2.91. The summed E-state index contributed by atoms with van der Waals surface area (Å²) in [5.74, 6) is -0.119. The van der Waals surface area contributed by atoms with Gasteiger partial charge >= 0.3 is 0 Å². The van der Waals surface area contributed by atoms with Gasteiger partial charge in [-0.3, -0.25) is 4.79 Å². The van der Waals surface area contributed by atoms with Gasteiger partial charge in [-0.15, -0.1) is 16.4 Å². The van der Waals surface area contributed by atoms with Crippen LogP contribution in [0.2, 0.25) is 0 Å². The van der Waals surface area contributed by atoms with Crippen LogP contribution in [0.5, 0.6) is 0 Å². The zero-order chi connectivity index (χ0) is 14.8. The second-order valence-electron chi connectivity index (χ2n) is 4.35. The first kappa shape index (κ1) is 14.1. The highest BCUT2D eigenvalue weighted by Crippen LogP contribution is 2.22. The van der Waals surface area contributed by atoms with Crippen molar-refractivity contribution >= 4 is 45.5 Å². The van der Waals surface area contributed by atoms with Crippen LogP contribution in [0.4, 0.5) is 5.69 Å². The van der Waals surface area contributed by atoms with Crippen LogP contribution in [-0.2, 0) is 0 Å². The second-order valence-corrected chi connectivity index (χ2v) is 7.15. The van der Waals surface area contributed by atoms with Crippen molar-refractivity contribution in [1.82, 2.24) is 20.2 Å². The summed E-state index contributed by atoms with van der Waals surface area (Å²) < 4.78 is 2.62. The Morgan fingerprint density at radius 3 is 2.90 bits per heavy atom. The topological polar surface area (TPSA) is 72.7 Å². The fraction of sp³-hybridized carbons (Fsp3) is 0.0769. The fourth-order valence-electron chi connectivity index (χ4n) is 1.79. The Hall–Kier alpha value is -1.81. The molecule has 0 saturated heterocycles. The molecule has 0 fully saturated rings. The number of amides is 1. The molecule has 6 nitrogen and oxygen atoms in total. The number of halogens is 1. The Morgan fingerprint density at radius 2 is 2.24 bits per heavy atom. The molecule has 1 aromatic carbocycles. The summed E-state index contributed by atoms with van der Waals surface area (Å²) in [6.45, 7) is 1.94. The second kappa shape index (κ2) is 5.90. The fourth-order valence-corrected chi connectivity index (χ4v) is 3.12. The molecule has 0 aliphatic heterocycles. The largest absolute Gasteiger partial charge is 0.322 e. The minimum atomic E-state index is -0.119. The van der Waals surface area contributed by atoms with Crippen molar-refractivity contribution in [1.29, 1.82) is 0 Å². The summed E-state index contributed by atoms with van der Waals surface area (Å²) in [6, 6.07) is 7.53. The van der Waals surface area contributed by atoms with Gasteiger partial charge in [-0.1, -0.05) is 6.07 Å². The molecule has 1 N–H and O–H groups in total. The van der Waals surface area contributed by atoms with Gasteiger partial charge in [-0.25, -0.2) is 4.68 Å². The summed E-state index contributed by atoms with van der Waals surface area (Å²) in [7, 11) is 0. The number of hydrogen-bond donors (Lipinski definition) is 1. The molecule has 0 unspecified atom stereocenters. The van der Waals surface area contributed by atoms with Crippen LogP contribution in [0.1, 0.15) is 15.9 Å². The lowest BCUT2D eigenvalue weighted by Gasteiger charge is -2.09. The number of carbonyl (C=O) groups excluding carboxylic acids is 1. The molecule has 21 heavy (non-hydrogen) atoms. The first-order valence-corrected chi connectivity index (χ1v) is 7.99. The lowest BCUT2D eigenvalue weighted by molar-refractivity contribution is 0.102. The van der Waals surface area contributed by atoms with Gasteiger partial charge in [0.25, 0.3) is 5.91 Å². The number of anilines is 1. The third kappa shape index (κ3) is 3.10. The molecule has 2 aromatic heterocycles. The summed E-state index contributed by atoms with van der Waals surface area (Å²) in [5.41, 5.74) is 3.18. The maximum atomic E-state index is 12.2. The van der Waals surface area contributed by atoms with E-state index in [0.717, 1.165) is 19.8 Å². The van der Waals surface area contributed by atoms with E-state index in [-0.39, 0.29) is 5.91 Å². The zero-order valence-corrected chi connectivity index (χ0v) is 13.9. The molecule has 0 saturated carbocycles. The van der Waals surface area contributed by atoms with Gasteiger partial charge in [0.05, 0.1) is 14.1 Å². The van der Waals surface area contributed by atoms with Crippen LogP contribution in [-0.4, -0.2) is 26.1 Å². The molecule has 0 aliphatic carbocycles. The first-order valence-electron chi connectivity index (χ1n) is 6.03. The van der Waals surface area contributed by atoms with Gasteiger partial charge in [0, 0.05) is 11.1 Å². The number of hydrogen-bond acceptors (Lipinski definition) is 5. The summed E-state index contributed by atoms with van der Waals surface area (Å²) in [6.07, 6.45) is 1.51. The number of benzene rings is 1. The molecule has 0 aliphatic rings. The van der Waals surface area contributed by atoms with Crippen molar-refractivity contribution < 1.29 is 4.79 Å². The number of rotatable bonds is 3. The molecule has 106 valence electrons. The van der Waals surface area contributed by atoms with Gasteiger partial charge in [-0.05, 0) is 63.7 Å². The molecule has 0 radical (unpaired) electrons. The smallest absolute Gasteiger partial charge is 0.256 e. The van der Waals surface area contributed by atoms with E-state index in [1.165, 1.54) is 6.33 Å². The van der Waals surface area contributed by atoms with Crippen LogP contribution in [0.25, 0.3) is 5.69 Å². The molecular weight excluding hydrogens is 401 g/mol. The van der Waals surface area contributed by atoms with E-state index in [9.17, 15) is 4.79 Å². The van der Waals surface area contributed by atoms with Crippen molar-refractivity contribution in [3.8, 4) is 5.69 Å². The van der Waals surface area contributed by atoms with Gasteiger partial charge in [0.15, 0.2) is 0 Å². The highest BCUT2D eigenvalue weighted by atomic mass is 127. The van der Waals surface area contributed by atoms with Crippen molar-refractivity contribution in [2.75, 3.05) is 5.32 Å². The van der Waals surface area contributed by atoms with Crippen LogP contribution < -0.4 is 5.32 Å². The van der Waals surface area contributed by atoms with E-state index in [2.05, 4.69) is 43.4 Å². The number of tetrazole rings is 1. The van der Waals surface area contributed by atoms with Gasteiger partial charge < -0.3 is 5.32 Å². The predicted octanol–water partition coefficient (Wildman–Crippen LogP) is 2.89. The lowest BCUT2D eigenvalue weighted by Crippen LogP contribution is -2.12. The number of thiophene rings is 1. The van der Waals surface area contributed by atoms with E-state index in [0.29, 0.717) is 5.56 Å². The number of nitrogens with zero attached hydrogens (tertiary/aromatic N) is 4. The quantitative estimate of drug-likeness (QED) is 0.673. The van der Waals surface area contributed by atoms with Crippen LogP contribution in [0, 0.1) is 9.81 Å². The highest BCUT2D eigenvalue weighted by Gasteiger charge is 2.11. The van der Waals surface area contributed by atoms with Crippen LogP contribution in [0.3, 0.4) is 0 Å². The molecule has 8 heteroatoms. The predicted molar refractivity (Wildman–Crippen MR) is 88.9 cm³/mol.